The largest absolute Gasteiger partial charge is 0.337 e. The lowest BCUT2D eigenvalue weighted by Crippen LogP contribution is -2.18. The predicted molar refractivity (Wildman–Crippen MR) is 79.3 cm³/mol. The average molecular weight is 272 g/mol. The van der Waals surface area contributed by atoms with Crippen LogP contribution in [0.3, 0.4) is 0 Å². The molecular formula is C15H20N4O. The van der Waals surface area contributed by atoms with Gasteiger partial charge in [0, 0.05) is 38.1 Å². The average Bonchev–Trinajstić information content (AvgIpc) is 2.93. The molecule has 1 amide bonds. The van der Waals surface area contributed by atoms with E-state index < -0.39 is 0 Å². The summed E-state index contributed by atoms with van der Waals surface area (Å²) >= 11 is 0. The van der Waals surface area contributed by atoms with E-state index in [0.29, 0.717) is 0 Å². The predicted octanol–water partition coefficient (Wildman–Crippen LogP) is 2.02. The van der Waals surface area contributed by atoms with Crippen molar-refractivity contribution in [2.75, 3.05) is 11.9 Å². The number of carbonyl (C=O) groups is 1. The molecule has 106 valence electrons. The number of para-hydroxylation sites is 1. The minimum absolute atomic E-state index is 0.0439. The second-order valence-corrected chi connectivity index (χ2v) is 4.67. The Hall–Kier alpha value is -2.14. The van der Waals surface area contributed by atoms with Crippen molar-refractivity contribution in [1.82, 2.24) is 14.9 Å². The molecule has 1 heterocycles. The molecule has 1 aromatic carbocycles. The van der Waals surface area contributed by atoms with Gasteiger partial charge in [0.05, 0.1) is 6.33 Å². The quantitative estimate of drug-likeness (QED) is 0.758. The SMILES string of the molecule is CC(=O)Nc1ccccc1CNCCCn1ccnc1. The lowest BCUT2D eigenvalue weighted by Gasteiger charge is -2.11. The van der Waals surface area contributed by atoms with Crippen LogP contribution in [0, 0.1) is 0 Å². The summed E-state index contributed by atoms with van der Waals surface area (Å²) in [5.41, 5.74) is 1.98. The molecule has 2 N–H and O–H groups in total. The monoisotopic (exact) mass is 272 g/mol. The third-order valence-electron chi connectivity index (χ3n) is 2.97. The first kappa shape index (κ1) is 14.3. The molecule has 20 heavy (non-hydrogen) atoms. The Morgan fingerprint density at radius 3 is 2.95 bits per heavy atom. The van der Waals surface area contributed by atoms with E-state index in [9.17, 15) is 4.79 Å². The summed E-state index contributed by atoms with van der Waals surface area (Å²) in [6, 6.07) is 7.85. The molecule has 0 saturated carbocycles. The first-order valence-corrected chi connectivity index (χ1v) is 6.77. The van der Waals surface area contributed by atoms with Gasteiger partial charge < -0.3 is 15.2 Å². The Balaban J connectivity index is 1.74. The van der Waals surface area contributed by atoms with Gasteiger partial charge in [-0.1, -0.05) is 18.2 Å². The standard InChI is InChI=1S/C15H20N4O/c1-13(20)18-15-6-3-2-5-14(15)11-16-7-4-9-19-10-8-17-12-19/h2-3,5-6,8,10,12,16H,4,7,9,11H2,1H3,(H,18,20). The lowest BCUT2D eigenvalue weighted by molar-refractivity contribution is -0.114. The van der Waals surface area contributed by atoms with E-state index in [2.05, 4.69) is 20.2 Å². The molecule has 5 heteroatoms. The number of hydrogen-bond acceptors (Lipinski definition) is 3. The summed E-state index contributed by atoms with van der Waals surface area (Å²) in [6.07, 6.45) is 6.62. The van der Waals surface area contributed by atoms with Crippen molar-refractivity contribution in [2.45, 2.75) is 26.4 Å². The summed E-state index contributed by atoms with van der Waals surface area (Å²) in [6.45, 7) is 4.16. The fraction of sp³-hybridized carbons (Fsp3) is 0.333. The second kappa shape index (κ2) is 7.45. The van der Waals surface area contributed by atoms with Crippen LogP contribution in [0.5, 0.6) is 0 Å². The maximum Gasteiger partial charge on any atom is 0.221 e. The number of carbonyl (C=O) groups excluding carboxylic acids is 1. The number of aryl methyl sites for hydroxylation is 1. The highest BCUT2D eigenvalue weighted by molar-refractivity contribution is 5.89. The number of benzene rings is 1. The number of rotatable bonds is 7. The van der Waals surface area contributed by atoms with E-state index >= 15 is 0 Å². The van der Waals surface area contributed by atoms with Crippen LogP contribution in [0.1, 0.15) is 18.9 Å². The van der Waals surface area contributed by atoms with Crippen molar-refractivity contribution >= 4 is 11.6 Å². The van der Waals surface area contributed by atoms with Gasteiger partial charge in [0.1, 0.15) is 0 Å². The summed E-state index contributed by atoms with van der Waals surface area (Å²) in [7, 11) is 0. The molecule has 2 aromatic rings. The number of nitrogens with zero attached hydrogens (tertiary/aromatic N) is 2. The van der Waals surface area contributed by atoms with Crippen LogP contribution >= 0.6 is 0 Å². The fourth-order valence-electron chi connectivity index (χ4n) is 2.01. The number of nitrogens with one attached hydrogen (secondary N) is 2. The number of anilines is 1. The topological polar surface area (TPSA) is 59.0 Å². The lowest BCUT2D eigenvalue weighted by atomic mass is 10.1. The minimum Gasteiger partial charge on any atom is -0.337 e. The molecule has 0 fully saturated rings. The third kappa shape index (κ3) is 4.51. The van der Waals surface area contributed by atoms with Crippen LogP contribution in [-0.4, -0.2) is 22.0 Å². The third-order valence-corrected chi connectivity index (χ3v) is 2.97. The van der Waals surface area contributed by atoms with E-state index in [-0.39, 0.29) is 5.91 Å². The highest BCUT2D eigenvalue weighted by atomic mass is 16.1. The maximum atomic E-state index is 11.1. The van der Waals surface area contributed by atoms with Gasteiger partial charge in [0.25, 0.3) is 0 Å². The smallest absolute Gasteiger partial charge is 0.221 e. The zero-order chi connectivity index (χ0) is 14.2. The van der Waals surface area contributed by atoms with Crippen molar-refractivity contribution in [3.8, 4) is 0 Å². The van der Waals surface area contributed by atoms with Gasteiger partial charge in [-0.3, -0.25) is 4.79 Å². The molecule has 0 aliphatic carbocycles. The molecule has 2 rings (SSSR count). The molecule has 0 bridgehead atoms. The molecule has 0 unspecified atom stereocenters. The minimum atomic E-state index is -0.0439. The molecule has 0 radical (unpaired) electrons. The summed E-state index contributed by atoms with van der Waals surface area (Å²) in [5.74, 6) is -0.0439. The summed E-state index contributed by atoms with van der Waals surface area (Å²) < 4.78 is 2.06. The van der Waals surface area contributed by atoms with Crippen LogP contribution in [0.15, 0.2) is 43.0 Å². The van der Waals surface area contributed by atoms with Gasteiger partial charge in [0.2, 0.25) is 5.91 Å². The summed E-state index contributed by atoms with van der Waals surface area (Å²) in [5, 5.41) is 6.24. The van der Waals surface area contributed by atoms with E-state index in [1.807, 2.05) is 36.8 Å². The van der Waals surface area contributed by atoms with Crippen LogP contribution in [0.2, 0.25) is 0 Å². The molecule has 5 nitrogen and oxygen atoms in total. The molecule has 0 saturated heterocycles. The van der Waals surface area contributed by atoms with Gasteiger partial charge in [-0.2, -0.15) is 0 Å². The Bertz CT molecular complexity index is 537. The first-order valence-electron chi connectivity index (χ1n) is 6.77. The van der Waals surface area contributed by atoms with Crippen molar-refractivity contribution in [1.29, 1.82) is 0 Å². The van der Waals surface area contributed by atoms with Crippen molar-refractivity contribution in [3.63, 3.8) is 0 Å². The van der Waals surface area contributed by atoms with Crippen LogP contribution in [0.25, 0.3) is 0 Å². The van der Waals surface area contributed by atoms with E-state index in [0.717, 1.165) is 37.3 Å². The fourth-order valence-corrected chi connectivity index (χ4v) is 2.01. The summed E-state index contributed by atoms with van der Waals surface area (Å²) in [4.78, 5) is 15.1. The molecule has 0 spiro atoms. The molecular weight excluding hydrogens is 252 g/mol. The molecule has 0 aliphatic heterocycles. The van der Waals surface area contributed by atoms with Crippen LogP contribution in [-0.2, 0) is 17.9 Å². The van der Waals surface area contributed by atoms with E-state index in [4.69, 9.17) is 0 Å². The van der Waals surface area contributed by atoms with Gasteiger partial charge in [-0.05, 0) is 24.6 Å². The van der Waals surface area contributed by atoms with E-state index in [1.54, 1.807) is 6.20 Å². The van der Waals surface area contributed by atoms with Gasteiger partial charge >= 0.3 is 0 Å². The molecule has 0 aliphatic rings. The van der Waals surface area contributed by atoms with Crippen LogP contribution < -0.4 is 10.6 Å². The van der Waals surface area contributed by atoms with Gasteiger partial charge in [0.15, 0.2) is 0 Å². The van der Waals surface area contributed by atoms with Crippen molar-refractivity contribution in [3.05, 3.63) is 48.5 Å². The molecule has 1 aromatic heterocycles. The zero-order valence-corrected chi connectivity index (χ0v) is 11.7. The van der Waals surface area contributed by atoms with Crippen molar-refractivity contribution < 1.29 is 4.79 Å². The number of imidazole rings is 1. The Morgan fingerprint density at radius 1 is 1.35 bits per heavy atom. The Kier molecular flexibility index (Phi) is 5.32. The highest BCUT2D eigenvalue weighted by Crippen LogP contribution is 2.14. The van der Waals surface area contributed by atoms with Gasteiger partial charge in [-0.25, -0.2) is 4.98 Å². The van der Waals surface area contributed by atoms with E-state index in [1.165, 1.54) is 6.92 Å². The van der Waals surface area contributed by atoms with Crippen LogP contribution in [0.4, 0.5) is 5.69 Å². The number of hydrogen-bond donors (Lipinski definition) is 2. The van der Waals surface area contributed by atoms with Crippen molar-refractivity contribution in [2.24, 2.45) is 0 Å². The first-order chi connectivity index (χ1) is 9.75. The maximum absolute atomic E-state index is 11.1. The zero-order valence-electron chi connectivity index (χ0n) is 11.7. The highest BCUT2D eigenvalue weighted by Gasteiger charge is 2.02. The molecule has 0 atom stereocenters. The number of amides is 1. The second-order valence-electron chi connectivity index (χ2n) is 4.67. The Labute approximate surface area is 119 Å². The normalized spacial score (nSPS) is 10.4. The number of aromatic nitrogens is 2. The Morgan fingerprint density at radius 2 is 2.20 bits per heavy atom. The van der Waals surface area contributed by atoms with Gasteiger partial charge in [-0.15, -0.1) is 0 Å².